The van der Waals surface area contributed by atoms with Crippen molar-refractivity contribution in [3.05, 3.63) is 22.6 Å². The van der Waals surface area contributed by atoms with Crippen LogP contribution in [0.15, 0.2) is 21.2 Å². The fourth-order valence-corrected chi connectivity index (χ4v) is 2.45. The average Bonchev–Trinajstić information content (AvgIpc) is 3.20. The SMILES string of the molecule is O=C(CNC(=O)c1ccc(Br)o1)NCCCOCC1CCCO1. The number of hydrogen-bond donors (Lipinski definition) is 2. The zero-order chi connectivity index (χ0) is 16.5. The summed E-state index contributed by atoms with van der Waals surface area (Å²) in [6.45, 7) is 2.43. The monoisotopic (exact) mass is 388 g/mol. The quantitative estimate of drug-likeness (QED) is 0.625. The molecular weight excluding hydrogens is 368 g/mol. The average molecular weight is 389 g/mol. The van der Waals surface area contributed by atoms with Crippen LogP contribution >= 0.6 is 15.9 Å². The maximum atomic E-state index is 11.7. The molecule has 0 spiro atoms. The van der Waals surface area contributed by atoms with E-state index >= 15 is 0 Å². The van der Waals surface area contributed by atoms with Gasteiger partial charge in [-0.25, -0.2) is 0 Å². The minimum Gasteiger partial charge on any atom is -0.444 e. The predicted molar refractivity (Wildman–Crippen MR) is 86.2 cm³/mol. The van der Waals surface area contributed by atoms with Gasteiger partial charge in [0.2, 0.25) is 5.91 Å². The van der Waals surface area contributed by atoms with Crippen LogP contribution in [0.1, 0.15) is 29.8 Å². The third-order valence-electron chi connectivity index (χ3n) is 3.32. The van der Waals surface area contributed by atoms with E-state index in [9.17, 15) is 9.59 Å². The minimum atomic E-state index is -0.425. The molecule has 23 heavy (non-hydrogen) atoms. The van der Waals surface area contributed by atoms with E-state index in [1.54, 1.807) is 6.07 Å². The summed E-state index contributed by atoms with van der Waals surface area (Å²) in [7, 11) is 0. The number of amides is 2. The molecule has 1 fully saturated rings. The van der Waals surface area contributed by atoms with Gasteiger partial charge in [-0.3, -0.25) is 9.59 Å². The van der Waals surface area contributed by atoms with Crippen molar-refractivity contribution in [2.45, 2.75) is 25.4 Å². The first-order chi connectivity index (χ1) is 11.1. The number of rotatable bonds is 9. The molecule has 1 aromatic heterocycles. The lowest BCUT2D eigenvalue weighted by Gasteiger charge is -2.10. The molecule has 0 saturated carbocycles. The molecule has 1 saturated heterocycles. The van der Waals surface area contributed by atoms with Crippen LogP contribution in [-0.4, -0.2) is 50.8 Å². The van der Waals surface area contributed by atoms with Gasteiger partial charge in [0, 0.05) is 19.8 Å². The van der Waals surface area contributed by atoms with Gasteiger partial charge in [-0.1, -0.05) is 0 Å². The fraction of sp³-hybridized carbons (Fsp3) is 0.600. The van der Waals surface area contributed by atoms with Crippen molar-refractivity contribution in [2.75, 3.05) is 32.9 Å². The summed E-state index contributed by atoms with van der Waals surface area (Å²) in [5.41, 5.74) is 0. The van der Waals surface area contributed by atoms with Gasteiger partial charge in [0.05, 0.1) is 19.3 Å². The van der Waals surface area contributed by atoms with Crippen LogP contribution in [-0.2, 0) is 14.3 Å². The Morgan fingerprint density at radius 3 is 2.91 bits per heavy atom. The Bertz CT molecular complexity index is 514. The molecule has 0 radical (unpaired) electrons. The van der Waals surface area contributed by atoms with Crippen LogP contribution in [0.5, 0.6) is 0 Å². The van der Waals surface area contributed by atoms with Gasteiger partial charge >= 0.3 is 0 Å². The summed E-state index contributed by atoms with van der Waals surface area (Å²) in [5.74, 6) is -0.513. The van der Waals surface area contributed by atoms with Gasteiger partial charge < -0.3 is 24.5 Å². The van der Waals surface area contributed by atoms with Gasteiger partial charge in [0.15, 0.2) is 10.4 Å². The van der Waals surface area contributed by atoms with E-state index in [1.165, 1.54) is 6.07 Å². The highest BCUT2D eigenvalue weighted by Crippen LogP contribution is 2.13. The lowest BCUT2D eigenvalue weighted by atomic mass is 10.2. The van der Waals surface area contributed by atoms with Crippen LogP contribution in [0, 0.1) is 0 Å². The first-order valence-corrected chi connectivity index (χ1v) is 8.44. The zero-order valence-corrected chi connectivity index (χ0v) is 14.4. The van der Waals surface area contributed by atoms with E-state index < -0.39 is 5.91 Å². The molecule has 1 atom stereocenters. The largest absolute Gasteiger partial charge is 0.444 e. The van der Waals surface area contributed by atoms with Crippen molar-refractivity contribution in [2.24, 2.45) is 0 Å². The molecule has 1 aromatic rings. The Balaban J connectivity index is 1.47. The lowest BCUT2D eigenvalue weighted by Crippen LogP contribution is -2.37. The van der Waals surface area contributed by atoms with E-state index in [-0.39, 0.29) is 24.3 Å². The Morgan fingerprint density at radius 2 is 2.22 bits per heavy atom. The van der Waals surface area contributed by atoms with E-state index in [0.29, 0.717) is 24.4 Å². The summed E-state index contributed by atoms with van der Waals surface area (Å²) in [4.78, 5) is 23.3. The van der Waals surface area contributed by atoms with Gasteiger partial charge in [-0.05, 0) is 47.3 Å². The summed E-state index contributed by atoms with van der Waals surface area (Å²) in [6.07, 6.45) is 3.10. The normalized spacial score (nSPS) is 17.2. The molecule has 2 heterocycles. The van der Waals surface area contributed by atoms with Gasteiger partial charge in [0.25, 0.3) is 5.91 Å². The zero-order valence-electron chi connectivity index (χ0n) is 12.8. The molecule has 1 unspecified atom stereocenters. The second-order valence-electron chi connectivity index (χ2n) is 5.20. The Hall–Kier alpha value is -1.38. The lowest BCUT2D eigenvalue weighted by molar-refractivity contribution is -0.120. The molecule has 2 N–H and O–H groups in total. The first kappa shape index (κ1) is 18.0. The summed E-state index contributed by atoms with van der Waals surface area (Å²) >= 11 is 3.11. The van der Waals surface area contributed by atoms with Crippen molar-refractivity contribution in [3.63, 3.8) is 0 Å². The molecule has 0 aliphatic carbocycles. The first-order valence-electron chi connectivity index (χ1n) is 7.65. The van der Waals surface area contributed by atoms with Gasteiger partial charge in [-0.15, -0.1) is 0 Å². The second kappa shape index (κ2) is 9.69. The number of hydrogen-bond acceptors (Lipinski definition) is 5. The van der Waals surface area contributed by atoms with Crippen LogP contribution in [0.25, 0.3) is 0 Å². The molecule has 128 valence electrons. The van der Waals surface area contributed by atoms with Gasteiger partial charge in [0.1, 0.15) is 0 Å². The van der Waals surface area contributed by atoms with Gasteiger partial charge in [-0.2, -0.15) is 0 Å². The van der Waals surface area contributed by atoms with Crippen LogP contribution in [0.2, 0.25) is 0 Å². The third-order valence-corrected chi connectivity index (χ3v) is 3.75. The molecular formula is C15H21BrN2O5. The number of ether oxygens (including phenoxy) is 2. The molecule has 2 rings (SSSR count). The van der Waals surface area contributed by atoms with Crippen molar-refractivity contribution < 1.29 is 23.5 Å². The molecule has 1 aliphatic heterocycles. The summed E-state index contributed by atoms with van der Waals surface area (Å²) in [6, 6.07) is 3.15. The van der Waals surface area contributed by atoms with Crippen LogP contribution in [0.3, 0.4) is 0 Å². The number of halogens is 1. The highest BCUT2D eigenvalue weighted by molar-refractivity contribution is 9.10. The Labute approximate surface area is 143 Å². The Kier molecular flexibility index (Phi) is 7.57. The minimum absolute atomic E-state index is 0.0894. The maximum absolute atomic E-state index is 11.7. The van der Waals surface area contributed by atoms with E-state index in [0.717, 1.165) is 25.9 Å². The number of carbonyl (C=O) groups excluding carboxylic acids is 2. The highest BCUT2D eigenvalue weighted by atomic mass is 79.9. The van der Waals surface area contributed by atoms with E-state index in [1.807, 2.05) is 0 Å². The second-order valence-corrected chi connectivity index (χ2v) is 5.98. The van der Waals surface area contributed by atoms with E-state index in [4.69, 9.17) is 13.9 Å². The Morgan fingerprint density at radius 1 is 1.35 bits per heavy atom. The number of nitrogens with one attached hydrogen (secondary N) is 2. The van der Waals surface area contributed by atoms with Crippen molar-refractivity contribution in [1.82, 2.24) is 10.6 Å². The van der Waals surface area contributed by atoms with Crippen molar-refractivity contribution in [3.8, 4) is 0 Å². The highest BCUT2D eigenvalue weighted by Gasteiger charge is 2.15. The molecule has 8 heteroatoms. The molecule has 7 nitrogen and oxygen atoms in total. The topological polar surface area (TPSA) is 89.8 Å². The fourth-order valence-electron chi connectivity index (χ4n) is 2.14. The molecule has 2 amide bonds. The predicted octanol–water partition coefficient (Wildman–Crippen LogP) is 1.47. The molecule has 1 aliphatic rings. The number of furan rings is 1. The smallest absolute Gasteiger partial charge is 0.287 e. The maximum Gasteiger partial charge on any atom is 0.287 e. The van der Waals surface area contributed by atoms with E-state index in [2.05, 4.69) is 26.6 Å². The van der Waals surface area contributed by atoms with Crippen molar-refractivity contribution >= 4 is 27.7 Å². The third kappa shape index (κ3) is 6.72. The standard InChI is InChI=1S/C15H21BrN2O5/c16-13-5-4-12(23-13)15(20)18-9-14(19)17-6-2-7-21-10-11-3-1-8-22-11/h4-5,11H,1-3,6-10H2,(H,17,19)(H,18,20). The summed E-state index contributed by atoms with van der Waals surface area (Å²) < 4.78 is 16.5. The van der Waals surface area contributed by atoms with Crippen LogP contribution < -0.4 is 10.6 Å². The van der Waals surface area contributed by atoms with Crippen molar-refractivity contribution in [1.29, 1.82) is 0 Å². The molecule has 0 bridgehead atoms. The number of carbonyl (C=O) groups is 2. The summed E-state index contributed by atoms with van der Waals surface area (Å²) in [5, 5.41) is 5.21. The molecule has 0 aromatic carbocycles. The van der Waals surface area contributed by atoms with Crippen LogP contribution in [0.4, 0.5) is 0 Å².